The average molecular weight is 204 g/mol. The van der Waals surface area contributed by atoms with E-state index in [4.69, 9.17) is 0 Å². The molecule has 0 aliphatic rings. The Kier molecular flexibility index (Phi) is 5.33. The van der Waals surface area contributed by atoms with Crippen LogP contribution in [0.5, 0.6) is 0 Å². The molecule has 0 saturated heterocycles. The van der Waals surface area contributed by atoms with Gasteiger partial charge in [0, 0.05) is 5.54 Å². The highest BCUT2D eigenvalue weighted by Gasteiger charge is 2.10. The average Bonchev–Trinajstić information content (AvgIpc) is 1.81. The van der Waals surface area contributed by atoms with Crippen molar-refractivity contribution in [3.8, 4) is 0 Å². The molecule has 0 saturated carbocycles. The number of hydrogen-bond acceptors (Lipinski definition) is 3. The smallest absolute Gasteiger partial charge is 0.0558 e. The van der Waals surface area contributed by atoms with Crippen molar-refractivity contribution >= 4 is 12.6 Å². The summed E-state index contributed by atoms with van der Waals surface area (Å²) >= 11 is 4.38. The van der Waals surface area contributed by atoms with Gasteiger partial charge in [0.2, 0.25) is 0 Å². The fraction of sp³-hybridized carbons (Fsp3) is 1.00. The second-order valence-corrected chi connectivity index (χ2v) is 6.13. The van der Waals surface area contributed by atoms with Gasteiger partial charge in [0.05, 0.1) is 4.87 Å². The SMILES string of the molecule is CC(C)(C)NCCCNC(C)(C)S. The predicted octanol–water partition coefficient (Wildman–Crippen LogP) is 2.02. The van der Waals surface area contributed by atoms with Crippen LogP contribution in [0.4, 0.5) is 0 Å². The first-order chi connectivity index (χ1) is 5.71. The van der Waals surface area contributed by atoms with Crippen molar-refractivity contribution < 1.29 is 0 Å². The van der Waals surface area contributed by atoms with Gasteiger partial charge in [0.25, 0.3) is 0 Å². The Morgan fingerprint density at radius 1 is 0.923 bits per heavy atom. The lowest BCUT2D eigenvalue weighted by Crippen LogP contribution is -2.39. The molecule has 0 rings (SSSR count). The summed E-state index contributed by atoms with van der Waals surface area (Å²) in [4.78, 5) is -0.0538. The van der Waals surface area contributed by atoms with E-state index in [0.29, 0.717) is 0 Å². The van der Waals surface area contributed by atoms with Crippen molar-refractivity contribution in [2.24, 2.45) is 0 Å². The summed E-state index contributed by atoms with van der Waals surface area (Å²) in [6.07, 6.45) is 1.14. The Hall–Kier alpha value is 0.270. The Morgan fingerprint density at radius 2 is 1.38 bits per heavy atom. The van der Waals surface area contributed by atoms with Gasteiger partial charge >= 0.3 is 0 Å². The maximum atomic E-state index is 4.38. The zero-order valence-corrected chi connectivity index (χ0v) is 10.5. The molecule has 0 unspecified atom stereocenters. The summed E-state index contributed by atoms with van der Waals surface area (Å²) in [5, 5.41) is 6.78. The van der Waals surface area contributed by atoms with Gasteiger partial charge in [-0.25, -0.2) is 0 Å². The molecule has 2 nitrogen and oxygen atoms in total. The summed E-state index contributed by atoms with van der Waals surface area (Å²) in [6, 6.07) is 0. The third-order valence-electron chi connectivity index (χ3n) is 1.57. The lowest BCUT2D eigenvalue weighted by Gasteiger charge is -2.22. The summed E-state index contributed by atoms with van der Waals surface area (Å²) in [5.41, 5.74) is 0.233. The van der Waals surface area contributed by atoms with Crippen molar-refractivity contribution in [2.45, 2.75) is 51.4 Å². The second-order valence-electron chi connectivity index (χ2n) is 5.02. The first kappa shape index (κ1) is 13.3. The molecule has 13 heavy (non-hydrogen) atoms. The Bertz CT molecular complexity index is 117. The molecule has 0 heterocycles. The maximum absolute atomic E-state index is 4.38. The standard InChI is InChI=1S/C10H24N2S/c1-9(2,3)11-7-6-8-12-10(4,5)13/h11-13H,6-8H2,1-5H3. The fourth-order valence-electron chi connectivity index (χ4n) is 0.946. The molecular formula is C10H24N2S. The lowest BCUT2D eigenvalue weighted by molar-refractivity contribution is 0.413. The molecule has 0 aliphatic carbocycles. The van der Waals surface area contributed by atoms with E-state index in [1.165, 1.54) is 0 Å². The van der Waals surface area contributed by atoms with Crippen molar-refractivity contribution in [2.75, 3.05) is 13.1 Å². The number of nitrogens with one attached hydrogen (secondary N) is 2. The molecule has 0 amide bonds. The van der Waals surface area contributed by atoms with Gasteiger partial charge in [-0.1, -0.05) is 0 Å². The largest absolute Gasteiger partial charge is 0.312 e. The van der Waals surface area contributed by atoms with E-state index in [9.17, 15) is 0 Å². The van der Waals surface area contributed by atoms with E-state index < -0.39 is 0 Å². The van der Waals surface area contributed by atoms with Crippen LogP contribution < -0.4 is 10.6 Å². The van der Waals surface area contributed by atoms with Gasteiger partial charge in [0.15, 0.2) is 0 Å². The Balaban J connectivity index is 3.28. The predicted molar refractivity (Wildman–Crippen MR) is 63.4 cm³/mol. The third kappa shape index (κ3) is 12.3. The number of thiol groups is 1. The van der Waals surface area contributed by atoms with Crippen LogP contribution in [0.3, 0.4) is 0 Å². The topological polar surface area (TPSA) is 24.1 Å². The number of hydrogen-bond donors (Lipinski definition) is 3. The normalized spacial score (nSPS) is 13.4. The van der Waals surface area contributed by atoms with Gasteiger partial charge in [-0.15, -0.1) is 0 Å². The van der Waals surface area contributed by atoms with E-state index >= 15 is 0 Å². The minimum Gasteiger partial charge on any atom is -0.312 e. The fourth-order valence-corrected chi connectivity index (χ4v) is 1.06. The molecule has 0 bridgehead atoms. The molecule has 3 heteroatoms. The van der Waals surface area contributed by atoms with E-state index in [-0.39, 0.29) is 10.4 Å². The molecule has 80 valence electrons. The molecule has 0 aromatic rings. The minimum atomic E-state index is -0.0538. The van der Waals surface area contributed by atoms with Gasteiger partial charge < -0.3 is 10.6 Å². The zero-order valence-electron chi connectivity index (χ0n) is 9.57. The maximum Gasteiger partial charge on any atom is 0.0558 e. The van der Waals surface area contributed by atoms with E-state index in [1.54, 1.807) is 0 Å². The Labute approximate surface area is 88.3 Å². The van der Waals surface area contributed by atoms with Crippen molar-refractivity contribution in [1.29, 1.82) is 0 Å². The number of rotatable bonds is 5. The molecule has 0 aromatic heterocycles. The van der Waals surface area contributed by atoms with Crippen LogP contribution in [-0.2, 0) is 0 Å². The molecule has 0 radical (unpaired) electrons. The van der Waals surface area contributed by atoms with Crippen LogP contribution in [-0.4, -0.2) is 23.5 Å². The molecule has 0 aromatic carbocycles. The van der Waals surface area contributed by atoms with Gasteiger partial charge in [-0.3, -0.25) is 0 Å². The Morgan fingerprint density at radius 3 is 1.77 bits per heavy atom. The zero-order chi connectivity index (χ0) is 10.5. The van der Waals surface area contributed by atoms with Crippen LogP contribution in [0.15, 0.2) is 0 Å². The lowest BCUT2D eigenvalue weighted by atomic mass is 10.1. The quantitative estimate of drug-likeness (QED) is 0.363. The van der Waals surface area contributed by atoms with E-state index in [0.717, 1.165) is 19.5 Å². The van der Waals surface area contributed by atoms with Crippen molar-refractivity contribution in [3.05, 3.63) is 0 Å². The second kappa shape index (κ2) is 5.23. The monoisotopic (exact) mass is 204 g/mol. The van der Waals surface area contributed by atoms with Crippen molar-refractivity contribution in [3.63, 3.8) is 0 Å². The molecule has 2 N–H and O–H groups in total. The van der Waals surface area contributed by atoms with Crippen LogP contribution >= 0.6 is 12.6 Å². The van der Waals surface area contributed by atoms with Crippen LogP contribution in [0.2, 0.25) is 0 Å². The summed E-state index contributed by atoms with van der Waals surface area (Å²) in [7, 11) is 0. The summed E-state index contributed by atoms with van der Waals surface area (Å²) < 4.78 is 0. The highest BCUT2D eigenvalue weighted by atomic mass is 32.1. The molecule has 0 aliphatic heterocycles. The summed E-state index contributed by atoms with van der Waals surface area (Å²) in [6.45, 7) is 12.7. The third-order valence-corrected chi connectivity index (χ3v) is 1.72. The highest BCUT2D eigenvalue weighted by Crippen LogP contribution is 2.05. The highest BCUT2D eigenvalue weighted by molar-refractivity contribution is 7.81. The van der Waals surface area contributed by atoms with Crippen LogP contribution in [0.1, 0.15) is 41.0 Å². The van der Waals surface area contributed by atoms with Crippen LogP contribution in [0, 0.1) is 0 Å². The summed E-state index contributed by atoms with van der Waals surface area (Å²) in [5.74, 6) is 0. The molecule has 0 spiro atoms. The van der Waals surface area contributed by atoms with Crippen LogP contribution in [0.25, 0.3) is 0 Å². The minimum absolute atomic E-state index is 0.0538. The van der Waals surface area contributed by atoms with Crippen molar-refractivity contribution in [1.82, 2.24) is 10.6 Å². The first-order valence-electron chi connectivity index (χ1n) is 4.93. The first-order valence-corrected chi connectivity index (χ1v) is 5.38. The van der Waals surface area contributed by atoms with Gasteiger partial charge in [-0.05, 0) is 54.1 Å². The van der Waals surface area contributed by atoms with Gasteiger partial charge in [-0.2, -0.15) is 12.6 Å². The van der Waals surface area contributed by atoms with Gasteiger partial charge in [0.1, 0.15) is 0 Å². The molecular weight excluding hydrogens is 180 g/mol. The van der Waals surface area contributed by atoms with E-state index in [1.807, 2.05) is 0 Å². The molecule has 0 atom stereocenters. The van der Waals surface area contributed by atoms with E-state index in [2.05, 4.69) is 57.9 Å². The molecule has 0 fully saturated rings.